The summed E-state index contributed by atoms with van der Waals surface area (Å²) in [6, 6.07) is 0.257. The number of ether oxygens (including phenoxy) is 2. The molecule has 0 saturated carbocycles. The summed E-state index contributed by atoms with van der Waals surface area (Å²) < 4.78 is 12.1. The number of nitrogens with two attached hydrogens (primary N) is 1. The van der Waals surface area contributed by atoms with Crippen molar-refractivity contribution in [1.82, 2.24) is 14.7 Å². The highest BCUT2D eigenvalue weighted by atomic mass is 16.5. The summed E-state index contributed by atoms with van der Waals surface area (Å²) in [4.78, 5) is 2.28. The second kappa shape index (κ2) is 8.27. The van der Waals surface area contributed by atoms with Gasteiger partial charge in [0, 0.05) is 58.2 Å². The molecule has 0 amide bonds. The summed E-state index contributed by atoms with van der Waals surface area (Å²) >= 11 is 0. The third-order valence-electron chi connectivity index (χ3n) is 3.20. The van der Waals surface area contributed by atoms with E-state index >= 15 is 0 Å². The second-order valence-corrected chi connectivity index (χ2v) is 4.85. The van der Waals surface area contributed by atoms with Crippen molar-refractivity contribution in [1.29, 1.82) is 0 Å². The van der Waals surface area contributed by atoms with E-state index in [1.54, 1.807) is 18.9 Å². The molecule has 1 aromatic heterocycles. The lowest BCUT2D eigenvalue weighted by Crippen LogP contribution is -2.42. The molecular weight excluding hydrogens is 244 g/mol. The number of rotatable bonds is 9. The van der Waals surface area contributed by atoms with Gasteiger partial charge in [0.2, 0.25) is 0 Å². The molecule has 0 aliphatic heterocycles. The number of aromatic nitrogens is 2. The van der Waals surface area contributed by atoms with Crippen LogP contribution < -0.4 is 5.73 Å². The largest absolute Gasteiger partial charge is 0.383 e. The molecule has 110 valence electrons. The van der Waals surface area contributed by atoms with E-state index < -0.39 is 0 Å². The van der Waals surface area contributed by atoms with Crippen molar-refractivity contribution in [3.8, 4) is 0 Å². The van der Waals surface area contributed by atoms with E-state index in [1.165, 1.54) is 0 Å². The van der Waals surface area contributed by atoms with Gasteiger partial charge in [-0.05, 0) is 6.92 Å². The number of hydrogen-bond acceptors (Lipinski definition) is 5. The number of methoxy groups -OCH3 is 2. The molecule has 1 rings (SSSR count). The Morgan fingerprint density at radius 1 is 1.42 bits per heavy atom. The highest BCUT2D eigenvalue weighted by Crippen LogP contribution is 2.12. The summed E-state index contributed by atoms with van der Waals surface area (Å²) in [5.74, 6) is 0. The first-order valence-electron chi connectivity index (χ1n) is 6.54. The molecule has 0 aliphatic rings. The standard InChI is InChI=1S/C13H26N4O2/c1-11(10-19-4)17(5-6-18-3)9-13(14)12-7-15-16(2)8-12/h7-8,11,13H,5-6,9-10,14H2,1-4H3. The SMILES string of the molecule is COCCN(CC(N)c1cnn(C)c1)C(C)COC. The average molecular weight is 270 g/mol. The van der Waals surface area contributed by atoms with Gasteiger partial charge in [-0.3, -0.25) is 9.58 Å². The van der Waals surface area contributed by atoms with Gasteiger partial charge in [-0.15, -0.1) is 0 Å². The van der Waals surface area contributed by atoms with Gasteiger partial charge in [-0.1, -0.05) is 0 Å². The highest BCUT2D eigenvalue weighted by molar-refractivity contribution is 5.10. The second-order valence-electron chi connectivity index (χ2n) is 4.85. The zero-order valence-corrected chi connectivity index (χ0v) is 12.4. The molecule has 0 radical (unpaired) electrons. The maximum absolute atomic E-state index is 6.24. The molecule has 1 heterocycles. The molecule has 6 nitrogen and oxygen atoms in total. The van der Waals surface area contributed by atoms with Gasteiger partial charge in [0.05, 0.1) is 19.4 Å². The Hall–Kier alpha value is -0.950. The lowest BCUT2D eigenvalue weighted by Gasteiger charge is -2.30. The van der Waals surface area contributed by atoms with Gasteiger partial charge >= 0.3 is 0 Å². The van der Waals surface area contributed by atoms with Crippen LogP contribution in [-0.2, 0) is 16.5 Å². The summed E-state index contributed by atoms with van der Waals surface area (Å²) in [6.45, 7) is 5.11. The van der Waals surface area contributed by atoms with Gasteiger partial charge in [-0.2, -0.15) is 5.10 Å². The summed E-state index contributed by atoms with van der Waals surface area (Å²) in [5.41, 5.74) is 7.29. The molecule has 1 aromatic rings. The minimum Gasteiger partial charge on any atom is -0.383 e. The summed E-state index contributed by atoms with van der Waals surface area (Å²) in [6.07, 6.45) is 3.78. The van der Waals surface area contributed by atoms with E-state index in [0.29, 0.717) is 19.3 Å². The first-order chi connectivity index (χ1) is 9.08. The van der Waals surface area contributed by atoms with Crippen molar-refractivity contribution in [2.75, 3.05) is 40.5 Å². The number of aryl methyl sites for hydroxylation is 1. The summed E-state index contributed by atoms with van der Waals surface area (Å²) in [5, 5.41) is 4.16. The third kappa shape index (κ3) is 5.28. The fraction of sp³-hybridized carbons (Fsp3) is 0.769. The molecule has 2 atom stereocenters. The molecule has 2 unspecified atom stereocenters. The molecule has 0 aromatic carbocycles. The van der Waals surface area contributed by atoms with Crippen molar-refractivity contribution >= 4 is 0 Å². The Bertz CT molecular complexity index is 356. The van der Waals surface area contributed by atoms with Crippen LogP contribution in [0.3, 0.4) is 0 Å². The van der Waals surface area contributed by atoms with E-state index in [2.05, 4.69) is 16.9 Å². The molecule has 2 N–H and O–H groups in total. The smallest absolute Gasteiger partial charge is 0.0615 e. The van der Waals surface area contributed by atoms with Gasteiger partial charge in [0.25, 0.3) is 0 Å². The van der Waals surface area contributed by atoms with Gasteiger partial charge < -0.3 is 15.2 Å². The number of hydrogen-bond donors (Lipinski definition) is 1. The van der Waals surface area contributed by atoms with Crippen molar-refractivity contribution in [3.05, 3.63) is 18.0 Å². The van der Waals surface area contributed by atoms with Crippen LogP contribution in [0.4, 0.5) is 0 Å². The average Bonchev–Trinajstić information content (AvgIpc) is 2.81. The predicted octanol–water partition coefficient (Wildman–Crippen LogP) is 0.403. The van der Waals surface area contributed by atoms with E-state index in [-0.39, 0.29) is 6.04 Å². The fourth-order valence-corrected chi connectivity index (χ4v) is 2.04. The molecule has 0 bridgehead atoms. The predicted molar refractivity (Wildman–Crippen MR) is 74.9 cm³/mol. The zero-order valence-electron chi connectivity index (χ0n) is 12.4. The fourth-order valence-electron chi connectivity index (χ4n) is 2.04. The van der Waals surface area contributed by atoms with E-state index in [1.807, 2.05) is 19.4 Å². The normalized spacial score (nSPS) is 14.8. The molecular formula is C13H26N4O2. The van der Waals surface area contributed by atoms with Gasteiger partial charge in [-0.25, -0.2) is 0 Å². The van der Waals surface area contributed by atoms with Crippen LogP contribution >= 0.6 is 0 Å². The van der Waals surface area contributed by atoms with Crippen LogP contribution in [0.1, 0.15) is 18.5 Å². The lowest BCUT2D eigenvalue weighted by atomic mass is 10.1. The maximum Gasteiger partial charge on any atom is 0.0615 e. The van der Waals surface area contributed by atoms with Crippen LogP contribution in [0.15, 0.2) is 12.4 Å². The first kappa shape index (κ1) is 16.1. The third-order valence-corrected chi connectivity index (χ3v) is 3.20. The van der Waals surface area contributed by atoms with Gasteiger partial charge in [0.1, 0.15) is 0 Å². The Balaban J connectivity index is 2.59. The Morgan fingerprint density at radius 2 is 2.16 bits per heavy atom. The molecule has 0 spiro atoms. The number of nitrogens with zero attached hydrogens (tertiary/aromatic N) is 3. The summed E-state index contributed by atoms with van der Waals surface area (Å²) in [7, 11) is 5.32. The topological polar surface area (TPSA) is 65.5 Å². The minimum absolute atomic E-state index is 0.0511. The van der Waals surface area contributed by atoms with Crippen molar-refractivity contribution < 1.29 is 9.47 Å². The maximum atomic E-state index is 6.24. The Labute approximate surface area is 115 Å². The van der Waals surface area contributed by atoms with Crippen LogP contribution in [0, 0.1) is 0 Å². The molecule has 0 fully saturated rings. The van der Waals surface area contributed by atoms with E-state index in [0.717, 1.165) is 18.7 Å². The van der Waals surface area contributed by atoms with Crippen LogP contribution in [0.5, 0.6) is 0 Å². The molecule has 0 aliphatic carbocycles. The first-order valence-corrected chi connectivity index (χ1v) is 6.54. The lowest BCUT2D eigenvalue weighted by molar-refractivity contribution is 0.0714. The highest BCUT2D eigenvalue weighted by Gasteiger charge is 2.18. The van der Waals surface area contributed by atoms with E-state index in [9.17, 15) is 0 Å². The Morgan fingerprint density at radius 3 is 2.68 bits per heavy atom. The van der Waals surface area contributed by atoms with Gasteiger partial charge in [0.15, 0.2) is 0 Å². The van der Waals surface area contributed by atoms with Crippen LogP contribution in [0.2, 0.25) is 0 Å². The minimum atomic E-state index is -0.0511. The van der Waals surface area contributed by atoms with Crippen LogP contribution in [0.25, 0.3) is 0 Å². The van der Waals surface area contributed by atoms with Crippen molar-refractivity contribution in [2.24, 2.45) is 12.8 Å². The van der Waals surface area contributed by atoms with Crippen molar-refractivity contribution in [3.63, 3.8) is 0 Å². The molecule has 0 saturated heterocycles. The van der Waals surface area contributed by atoms with E-state index in [4.69, 9.17) is 15.2 Å². The van der Waals surface area contributed by atoms with Crippen LogP contribution in [-0.4, -0.2) is 61.2 Å². The quantitative estimate of drug-likeness (QED) is 0.704. The molecule has 19 heavy (non-hydrogen) atoms. The monoisotopic (exact) mass is 270 g/mol. The Kier molecular flexibility index (Phi) is 7.01. The van der Waals surface area contributed by atoms with Crippen molar-refractivity contribution in [2.45, 2.75) is 19.0 Å². The zero-order chi connectivity index (χ0) is 14.3. The molecule has 6 heteroatoms.